The van der Waals surface area contributed by atoms with Gasteiger partial charge in [0.05, 0.1) is 0 Å². The van der Waals surface area contributed by atoms with E-state index in [2.05, 4.69) is 5.32 Å². The molecule has 0 saturated carbocycles. The van der Waals surface area contributed by atoms with E-state index < -0.39 is 5.97 Å². The highest BCUT2D eigenvalue weighted by atomic mass is 16.5. The lowest BCUT2D eigenvalue weighted by Gasteiger charge is -2.31. The number of hydrogen-bond acceptors (Lipinski definition) is 4. The van der Waals surface area contributed by atoms with Gasteiger partial charge >= 0.3 is 5.97 Å². The van der Waals surface area contributed by atoms with E-state index in [1.165, 1.54) is 6.92 Å². The molecule has 0 spiro atoms. The quantitative estimate of drug-likeness (QED) is 0.473. The lowest BCUT2D eigenvalue weighted by Crippen LogP contribution is -2.41. The first-order chi connectivity index (χ1) is 12.8. The Morgan fingerprint density at radius 2 is 1.96 bits per heavy atom. The average molecular weight is 372 g/mol. The number of nitrogens with zero attached hydrogens (tertiary/aromatic N) is 1. The first-order valence-corrected chi connectivity index (χ1v) is 9.39. The molecule has 0 atom stereocenters. The summed E-state index contributed by atoms with van der Waals surface area (Å²) in [6, 6.07) is 6.56. The van der Waals surface area contributed by atoms with Crippen LogP contribution in [0.1, 0.15) is 44.0 Å². The van der Waals surface area contributed by atoms with Gasteiger partial charge in [-0.15, -0.1) is 0 Å². The van der Waals surface area contributed by atoms with Crippen LogP contribution in [0.4, 0.5) is 0 Å². The molecule has 6 heteroatoms. The molecule has 0 bridgehead atoms. The second kappa shape index (κ2) is 9.90. The number of benzene rings is 1. The molecule has 1 heterocycles. The second-order valence-electron chi connectivity index (χ2n) is 7.20. The molecule has 6 nitrogen and oxygen atoms in total. The maximum Gasteiger partial charge on any atom is 0.308 e. The molecule has 1 aromatic carbocycles. The minimum absolute atomic E-state index is 0.0634. The van der Waals surface area contributed by atoms with Gasteiger partial charge in [0.1, 0.15) is 5.75 Å². The van der Waals surface area contributed by atoms with E-state index in [1.54, 1.807) is 30.3 Å². The molecule has 0 aromatic heterocycles. The molecule has 0 radical (unpaired) electrons. The molecule has 0 aliphatic carbocycles. The van der Waals surface area contributed by atoms with Crippen LogP contribution in [0.3, 0.4) is 0 Å². The van der Waals surface area contributed by atoms with Gasteiger partial charge in [-0.25, -0.2) is 0 Å². The van der Waals surface area contributed by atoms with E-state index in [4.69, 9.17) is 4.74 Å². The number of nitrogens with one attached hydrogen (secondary N) is 1. The zero-order valence-electron chi connectivity index (χ0n) is 16.2. The molecule has 2 rings (SSSR count). The van der Waals surface area contributed by atoms with Crippen LogP contribution in [0.15, 0.2) is 36.4 Å². The lowest BCUT2D eigenvalue weighted by molar-refractivity contribution is -0.132. The Kier molecular flexibility index (Phi) is 7.58. The SMILES string of the molecule is CC(=O)Oc1cccc(C(=O)NCC2CCN(C(=O)/C=C/C(C)C)CC2)c1. The Balaban J connectivity index is 1.79. The predicted octanol–water partition coefficient (Wildman–Crippen LogP) is 2.79. The fourth-order valence-electron chi connectivity index (χ4n) is 2.94. The van der Waals surface area contributed by atoms with Crippen molar-refractivity contribution in [2.45, 2.75) is 33.6 Å². The van der Waals surface area contributed by atoms with E-state index >= 15 is 0 Å². The molecule has 146 valence electrons. The van der Waals surface area contributed by atoms with E-state index in [0.29, 0.717) is 42.8 Å². The number of rotatable bonds is 6. The molecule has 1 N–H and O–H groups in total. The van der Waals surface area contributed by atoms with Gasteiger partial charge < -0.3 is 15.0 Å². The molecular formula is C21H28N2O4. The number of esters is 1. The monoisotopic (exact) mass is 372 g/mol. The largest absolute Gasteiger partial charge is 0.427 e. The molecule has 1 fully saturated rings. The smallest absolute Gasteiger partial charge is 0.308 e. The average Bonchev–Trinajstić information content (AvgIpc) is 2.64. The number of allylic oxidation sites excluding steroid dienone is 1. The zero-order chi connectivity index (χ0) is 19.8. The van der Waals surface area contributed by atoms with Crippen LogP contribution in [0.5, 0.6) is 5.75 Å². The van der Waals surface area contributed by atoms with Gasteiger partial charge in [0.2, 0.25) is 5.91 Å². The predicted molar refractivity (Wildman–Crippen MR) is 103 cm³/mol. The van der Waals surface area contributed by atoms with Crippen molar-refractivity contribution in [2.24, 2.45) is 11.8 Å². The number of piperidine rings is 1. The normalized spacial score (nSPS) is 15.2. The van der Waals surface area contributed by atoms with Gasteiger partial charge in [0, 0.05) is 32.1 Å². The van der Waals surface area contributed by atoms with E-state index in [0.717, 1.165) is 12.8 Å². The summed E-state index contributed by atoms with van der Waals surface area (Å²) in [6.07, 6.45) is 5.31. The summed E-state index contributed by atoms with van der Waals surface area (Å²) in [4.78, 5) is 37.3. The van der Waals surface area contributed by atoms with Gasteiger partial charge in [-0.2, -0.15) is 0 Å². The third kappa shape index (κ3) is 6.89. The van der Waals surface area contributed by atoms with Crippen molar-refractivity contribution in [3.05, 3.63) is 42.0 Å². The van der Waals surface area contributed by atoms with Crippen molar-refractivity contribution in [2.75, 3.05) is 19.6 Å². The number of carbonyl (C=O) groups is 3. The maximum absolute atomic E-state index is 12.3. The Labute approximate surface area is 160 Å². The first kappa shape index (κ1) is 20.7. The van der Waals surface area contributed by atoms with Crippen LogP contribution in [0.25, 0.3) is 0 Å². The van der Waals surface area contributed by atoms with Crippen molar-refractivity contribution >= 4 is 17.8 Å². The summed E-state index contributed by atoms with van der Waals surface area (Å²) in [7, 11) is 0. The van der Waals surface area contributed by atoms with Gasteiger partial charge in [-0.3, -0.25) is 14.4 Å². The summed E-state index contributed by atoms with van der Waals surface area (Å²) in [5.41, 5.74) is 0.459. The Morgan fingerprint density at radius 1 is 1.26 bits per heavy atom. The number of ether oxygens (including phenoxy) is 1. The van der Waals surface area contributed by atoms with Crippen molar-refractivity contribution in [3.63, 3.8) is 0 Å². The van der Waals surface area contributed by atoms with Gasteiger partial charge in [0.15, 0.2) is 0 Å². The summed E-state index contributed by atoms with van der Waals surface area (Å²) in [6.45, 7) is 7.40. The molecule has 27 heavy (non-hydrogen) atoms. The third-order valence-electron chi connectivity index (χ3n) is 4.46. The van der Waals surface area contributed by atoms with Gasteiger partial charge in [-0.1, -0.05) is 26.0 Å². The standard InChI is InChI=1S/C21H28N2O4/c1-15(2)7-8-20(25)23-11-9-17(10-12-23)14-22-21(26)18-5-4-6-19(13-18)27-16(3)24/h4-8,13,15,17H,9-12,14H2,1-3H3,(H,22,26)/b8-7+. The summed E-state index contributed by atoms with van der Waals surface area (Å²) < 4.78 is 5.01. The molecule has 1 saturated heterocycles. The van der Waals surface area contributed by atoms with Crippen molar-refractivity contribution in [1.29, 1.82) is 0 Å². The Bertz CT molecular complexity index is 704. The Hall–Kier alpha value is -2.63. The minimum atomic E-state index is -0.419. The van der Waals surface area contributed by atoms with Gasteiger partial charge in [-0.05, 0) is 49.0 Å². The third-order valence-corrected chi connectivity index (χ3v) is 4.46. The van der Waals surface area contributed by atoms with Crippen LogP contribution in [-0.4, -0.2) is 42.3 Å². The van der Waals surface area contributed by atoms with Crippen LogP contribution in [-0.2, 0) is 9.59 Å². The second-order valence-corrected chi connectivity index (χ2v) is 7.20. The molecule has 1 aliphatic rings. The van der Waals surface area contributed by atoms with Crippen LogP contribution >= 0.6 is 0 Å². The number of hydrogen-bond donors (Lipinski definition) is 1. The van der Waals surface area contributed by atoms with Crippen LogP contribution in [0.2, 0.25) is 0 Å². The topological polar surface area (TPSA) is 75.7 Å². The number of amides is 2. The van der Waals surface area contributed by atoms with E-state index in [-0.39, 0.29) is 11.8 Å². The van der Waals surface area contributed by atoms with Crippen LogP contribution < -0.4 is 10.1 Å². The first-order valence-electron chi connectivity index (χ1n) is 9.39. The Morgan fingerprint density at radius 3 is 2.59 bits per heavy atom. The molecule has 1 aliphatic heterocycles. The zero-order valence-corrected chi connectivity index (χ0v) is 16.2. The van der Waals surface area contributed by atoms with E-state index in [1.807, 2.05) is 24.8 Å². The fourth-order valence-corrected chi connectivity index (χ4v) is 2.94. The van der Waals surface area contributed by atoms with Crippen molar-refractivity contribution in [3.8, 4) is 5.75 Å². The van der Waals surface area contributed by atoms with Crippen LogP contribution in [0, 0.1) is 11.8 Å². The van der Waals surface area contributed by atoms with Crippen molar-refractivity contribution in [1.82, 2.24) is 10.2 Å². The molecule has 0 unspecified atom stereocenters. The summed E-state index contributed by atoms with van der Waals surface area (Å²) in [5, 5.41) is 2.94. The highest BCUT2D eigenvalue weighted by Crippen LogP contribution is 2.18. The van der Waals surface area contributed by atoms with Gasteiger partial charge in [0.25, 0.3) is 5.91 Å². The maximum atomic E-state index is 12.3. The number of likely N-dealkylation sites (tertiary alicyclic amines) is 1. The summed E-state index contributed by atoms with van der Waals surface area (Å²) >= 11 is 0. The highest BCUT2D eigenvalue weighted by Gasteiger charge is 2.22. The summed E-state index contributed by atoms with van der Waals surface area (Å²) in [5.74, 6) is 0.522. The molecular weight excluding hydrogens is 344 g/mol. The highest BCUT2D eigenvalue weighted by molar-refractivity contribution is 5.94. The molecule has 1 aromatic rings. The van der Waals surface area contributed by atoms with Crippen molar-refractivity contribution < 1.29 is 19.1 Å². The minimum Gasteiger partial charge on any atom is -0.427 e. The number of carbonyl (C=O) groups excluding carboxylic acids is 3. The molecule has 2 amide bonds. The fraction of sp³-hybridized carbons (Fsp3) is 0.476. The van der Waals surface area contributed by atoms with E-state index in [9.17, 15) is 14.4 Å². The lowest BCUT2D eigenvalue weighted by atomic mass is 9.96.